The molecule has 0 spiro atoms. The number of hydrogen-bond acceptors (Lipinski definition) is 4. The Bertz CT molecular complexity index is 860. The van der Waals surface area contributed by atoms with Gasteiger partial charge in [0.25, 0.3) is 5.91 Å². The van der Waals surface area contributed by atoms with Gasteiger partial charge >= 0.3 is 0 Å². The van der Waals surface area contributed by atoms with E-state index in [1.54, 1.807) is 23.0 Å². The van der Waals surface area contributed by atoms with E-state index < -0.39 is 0 Å². The van der Waals surface area contributed by atoms with Gasteiger partial charge in [0.2, 0.25) is 0 Å². The van der Waals surface area contributed by atoms with Gasteiger partial charge < -0.3 is 9.64 Å². The van der Waals surface area contributed by atoms with Gasteiger partial charge in [-0.05, 0) is 49.2 Å². The van der Waals surface area contributed by atoms with Gasteiger partial charge in [-0.3, -0.25) is 4.79 Å². The maximum Gasteiger partial charge on any atom is 0.260 e. The van der Waals surface area contributed by atoms with Crippen molar-refractivity contribution < 1.29 is 9.53 Å². The van der Waals surface area contributed by atoms with E-state index in [0.717, 1.165) is 16.8 Å². The minimum absolute atomic E-state index is 0.0152. The van der Waals surface area contributed by atoms with Crippen LogP contribution in [0.2, 0.25) is 0 Å². The van der Waals surface area contributed by atoms with Crippen LogP contribution in [0, 0.1) is 6.92 Å². The highest BCUT2D eigenvalue weighted by molar-refractivity contribution is 5.78. The highest BCUT2D eigenvalue weighted by Crippen LogP contribution is 2.21. The summed E-state index contributed by atoms with van der Waals surface area (Å²) in [7, 11) is 1.79. The molecule has 1 heterocycles. The van der Waals surface area contributed by atoms with Crippen molar-refractivity contribution in [1.82, 2.24) is 19.7 Å². The molecule has 0 N–H and O–H groups in total. The minimum atomic E-state index is -0.0700. The Kier molecular flexibility index (Phi) is 5.31. The first-order chi connectivity index (χ1) is 12.5. The van der Waals surface area contributed by atoms with Gasteiger partial charge in [0.05, 0.1) is 11.7 Å². The number of aromatic nitrogens is 3. The molecule has 0 saturated heterocycles. The molecule has 1 atom stereocenters. The van der Waals surface area contributed by atoms with Crippen molar-refractivity contribution in [2.45, 2.75) is 19.9 Å². The normalized spacial score (nSPS) is 11.8. The number of amides is 1. The lowest BCUT2D eigenvalue weighted by Gasteiger charge is -2.25. The Labute approximate surface area is 153 Å². The van der Waals surface area contributed by atoms with E-state index in [9.17, 15) is 4.79 Å². The number of likely N-dealkylation sites (N-methyl/N-ethyl adjacent to an activating group) is 1. The fraction of sp³-hybridized carbons (Fsp3) is 0.250. The summed E-state index contributed by atoms with van der Waals surface area (Å²) in [5.74, 6) is 0.635. The number of ether oxygens (including phenoxy) is 1. The third kappa shape index (κ3) is 4.08. The maximum absolute atomic E-state index is 12.4. The molecule has 3 aromatic rings. The number of carbonyl (C=O) groups excluding carboxylic acids is 1. The van der Waals surface area contributed by atoms with Crippen molar-refractivity contribution >= 4 is 5.91 Å². The second-order valence-corrected chi connectivity index (χ2v) is 6.22. The van der Waals surface area contributed by atoms with E-state index in [1.165, 1.54) is 6.33 Å². The van der Waals surface area contributed by atoms with Crippen molar-refractivity contribution in [2.24, 2.45) is 0 Å². The first-order valence-electron chi connectivity index (χ1n) is 8.44. The molecule has 0 aliphatic carbocycles. The molecule has 6 heteroatoms. The van der Waals surface area contributed by atoms with Crippen LogP contribution in [-0.2, 0) is 4.79 Å². The Hall–Kier alpha value is -3.15. The van der Waals surface area contributed by atoms with Crippen molar-refractivity contribution in [3.63, 3.8) is 0 Å². The van der Waals surface area contributed by atoms with Crippen molar-refractivity contribution in [3.8, 4) is 11.4 Å². The highest BCUT2D eigenvalue weighted by atomic mass is 16.5. The first kappa shape index (κ1) is 17.7. The molecule has 3 rings (SSSR count). The quantitative estimate of drug-likeness (QED) is 0.685. The van der Waals surface area contributed by atoms with E-state index in [0.29, 0.717) is 5.75 Å². The molecule has 0 aliphatic rings. The van der Waals surface area contributed by atoms with Crippen LogP contribution in [0.4, 0.5) is 0 Å². The average Bonchev–Trinajstić information content (AvgIpc) is 3.20. The molecule has 0 fully saturated rings. The Morgan fingerprint density at radius 2 is 2.00 bits per heavy atom. The van der Waals surface area contributed by atoms with Crippen molar-refractivity contribution in [2.75, 3.05) is 13.7 Å². The number of benzene rings is 2. The minimum Gasteiger partial charge on any atom is -0.484 e. The van der Waals surface area contributed by atoms with Gasteiger partial charge in [0.1, 0.15) is 18.4 Å². The molecular weight excluding hydrogens is 328 g/mol. The first-order valence-corrected chi connectivity index (χ1v) is 8.44. The fourth-order valence-corrected chi connectivity index (χ4v) is 2.64. The summed E-state index contributed by atoms with van der Waals surface area (Å²) in [6.45, 7) is 4.00. The Morgan fingerprint density at radius 1 is 1.23 bits per heavy atom. The number of carbonyl (C=O) groups is 1. The van der Waals surface area contributed by atoms with Crippen LogP contribution in [-0.4, -0.2) is 39.2 Å². The van der Waals surface area contributed by atoms with E-state index in [4.69, 9.17) is 4.74 Å². The standard InChI is InChI=1S/C20H22N4O2/c1-15-5-4-6-19(11-15)26-12-20(25)23(3)16(2)17-7-9-18(10-8-17)24-14-21-13-22-24/h4-11,13-14,16H,12H2,1-3H3/t16-/m0/s1. The number of rotatable bonds is 6. The van der Waals surface area contributed by atoms with Crippen LogP contribution in [0.3, 0.4) is 0 Å². The lowest BCUT2D eigenvalue weighted by molar-refractivity contribution is -0.134. The molecule has 0 aliphatic heterocycles. The summed E-state index contributed by atoms with van der Waals surface area (Å²) in [5.41, 5.74) is 3.07. The van der Waals surface area contributed by atoms with Crippen LogP contribution >= 0.6 is 0 Å². The highest BCUT2D eigenvalue weighted by Gasteiger charge is 2.18. The third-order valence-electron chi connectivity index (χ3n) is 4.38. The summed E-state index contributed by atoms with van der Waals surface area (Å²) < 4.78 is 7.31. The van der Waals surface area contributed by atoms with Crippen molar-refractivity contribution in [1.29, 1.82) is 0 Å². The largest absolute Gasteiger partial charge is 0.484 e. The zero-order chi connectivity index (χ0) is 18.5. The molecule has 134 valence electrons. The lowest BCUT2D eigenvalue weighted by atomic mass is 10.1. The van der Waals surface area contributed by atoms with Gasteiger partial charge in [-0.1, -0.05) is 24.3 Å². The molecular formula is C20H22N4O2. The van der Waals surface area contributed by atoms with Crippen LogP contribution in [0.15, 0.2) is 61.2 Å². The van der Waals surface area contributed by atoms with Crippen LogP contribution in [0.25, 0.3) is 5.69 Å². The average molecular weight is 350 g/mol. The SMILES string of the molecule is Cc1cccc(OCC(=O)N(C)[C@@H](C)c2ccc(-n3cncn3)cc2)c1. The molecule has 6 nitrogen and oxygen atoms in total. The zero-order valence-electron chi connectivity index (χ0n) is 15.2. The van der Waals surface area contributed by atoms with Gasteiger partial charge in [0, 0.05) is 7.05 Å². The van der Waals surface area contributed by atoms with Gasteiger partial charge in [-0.2, -0.15) is 5.10 Å². The van der Waals surface area contributed by atoms with Crippen LogP contribution in [0.1, 0.15) is 24.1 Å². The maximum atomic E-state index is 12.4. The van der Waals surface area contributed by atoms with Gasteiger partial charge in [-0.15, -0.1) is 0 Å². The molecule has 0 bridgehead atoms. The molecule has 0 unspecified atom stereocenters. The number of hydrogen-bond donors (Lipinski definition) is 0. The Morgan fingerprint density at radius 3 is 2.65 bits per heavy atom. The van der Waals surface area contributed by atoms with E-state index in [1.807, 2.05) is 62.4 Å². The fourth-order valence-electron chi connectivity index (χ4n) is 2.64. The summed E-state index contributed by atoms with van der Waals surface area (Å²) in [4.78, 5) is 18.1. The monoisotopic (exact) mass is 350 g/mol. The summed E-state index contributed by atoms with van der Waals surface area (Å²) in [6, 6.07) is 15.5. The number of aryl methyl sites for hydroxylation is 1. The smallest absolute Gasteiger partial charge is 0.260 e. The molecule has 2 aromatic carbocycles. The lowest BCUT2D eigenvalue weighted by Crippen LogP contribution is -2.33. The molecule has 0 saturated carbocycles. The predicted octanol–water partition coefficient (Wildman–Crippen LogP) is 3.17. The Balaban J connectivity index is 1.61. The molecule has 1 amide bonds. The summed E-state index contributed by atoms with van der Waals surface area (Å²) in [6.07, 6.45) is 3.15. The van der Waals surface area contributed by atoms with E-state index in [2.05, 4.69) is 10.1 Å². The third-order valence-corrected chi connectivity index (χ3v) is 4.38. The summed E-state index contributed by atoms with van der Waals surface area (Å²) in [5, 5.41) is 4.11. The second-order valence-electron chi connectivity index (χ2n) is 6.22. The van der Waals surface area contributed by atoms with Crippen LogP contribution < -0.4 is 4.74 Å². The molecule has 1 aromatic heterocycles. The molecule has 26 heavy (non-hydrogen) atoms. The summed E-state index contributed by atoms with van der Waals surface area (Å²) >= 11 is 0. The number of nitrogens with zero attached hydrogens (tertiary/aromatic N) is 4. The predicted molar refractivity (Wildman–Crippen MR) is 99.2 cm³/mol. The van der Waals surface area contributed by atoms with Gasteiger partial charge in [-0.25, -0.2) is 9.67 Å². The van der Waals surface area contributed by atoms with E-state index >= 15 is 0 Å². The topological polar surface area (TPSA) is 60.2 Å². The van der Waals surface area contributed by atoms with E-state index in [-0.39, 0.29) is 18.6 Å². The second kappa shape index (κ2) is 7.82. The zero-order valence-corrected chi connectivity index (χ0v) is 15.2. The van der Waals surface area contributed by atoms with Crippen molar-refractivity contribution in [3.05, 3.63) is 72.3 Å². The van der Waals surface area contributed by atoms with Gasteiger partial charge in [0.15, 0.2) is 6.61 Å². The van der Waals surface area contributed by atoms with Crippen LogP contribution in [0.5, 0.6) is 5.75 Å². The molecule has 0 radical (unpaired) electrons.